The lowest BCUT2D eigenvalue weighted by Gasteiger charge is -2.40. The van der Waals surface area contributed by atoms with Crippen LogP contribution in [0, 0.1) is 11.8 Å². The summed E-state index contributed by atoms with van der Waals surface area (Å²) in [5.74, 6) is 3.04. The smallest absolute Gasteiger partial charge is 0.161 e. The van der Waals surface area contributed by atoms with Gasteiger partial charge in [-0.1, -0.05) is 19.9 Å². The van der Waals surface area contributed by atoms with Crippen LogP contribution in [0.25, 0.3) is 0 Å². The Hall–Kier alpha value is -1.22. The van der Waals surface area contributed by atoms with Crippen LogP contribution in [0.4, 0.5) is 0 Å². The first kappa shape index (κ1) is 16.2. The third kappa shape index (κ3) is 3.52. The number of nitrogens with two attached hydrogens (primary N) is 1. The Labute approximate surface area is 128 Å². The van der Waals surface area contributed by atoms with Crippen LogP contribution in [0.15, 0.2) is 18.2 Å². The van der Waals surface area contributed by atoms with Gasteiger partial charge in [0.2, 0.25) is 0 Å². The molecule has 2 rings (SSSR count). The molecule has 118 valence electrons. The highest BCUT2D eigenvalue weighted by atomic mass is 16.5. The molecule has 0 spiro atoms. The minimum Gasteiger partial charge on any atom is -0.490 e. The Kier molecular flexibility index (Phi) is 5.15. The number of hydrogen-bond acceptors (Lipinski definition) is 3. The second kappa shape index (κ2) is 6.69. The molecule has 0 aromatic heterocycles. The Morgan fingerprint density at radius 3 is 2.38 bits per heavy atom. The standard InChI is InChI=1S/C18H29NO2/c1-5-20-16-8-7-15(11-17(16)21-6-2)18(19)10-9-13(3)14(4)12-18/h7-8,11,13-14H,5-6,9-10,12,19H2,1-4H3. The van der Waals surface area contributed by atoms with Crippen LogP contribution in [0.5, 0.6) is 11.5 Å². The van der Waals surface area contributed by atoms with Gasteiger partial charge >= 0.3 is 0 Å². The summed E-state index contributed by atoms with van der Waals surface area (Å²) in [6, 6.07) is 6.19. The molecule has 1 fully saturated rings. The van der Waals surface area contributed by atoms with Gasteiger partial charge in [-0.15, -0.1) is 0 Å². The number of rotatable bonds is 5. The molecular weight excluding hydrogens is 262 g/mol. The van der Waals surface area contributed by atoms with Gasteiger partial charge < -0.3 is 15.2 Å². The zero-order valence-corrected chi connectivity index (χ0v) is 13.8. The van der Waals surface area contributed by atoms with E-state index in [2.05, 4.69) is 26.0 Å². The minimum absolute atomic E-state index is 0.234. The fraction of sp³-hybridized carbons (Fsp3) is 0.667. The lowest BCUT2D eigenvalue weighted by molar-refractivity contribution is 0.176. The van der Waals surface area contributed by atoms with Crippen molar-refractivity contribution >= 4 is 0 Å². The Morgan fingerprint density at radius 1 is 1.10 bits per heavy atom. The topological polar surface area (TPSA) is 44.5 Å². The minimum atomic E-state index is -0.234. The van der Waals surface area contributed by atoms with E-state index >= 15 is 0 Å². The zero-order valence-electron chi connectivity index (χ0n) is 13.8. The molecule has 0 aliphatic heterocycles. The molecule has 0 radical (unpaired) electrons. The molecule has 0 saturated heterocycles. The highest BCUT2D eigenvalue weighted by Gasteiger charge is 2.36. The monoisotopic (exact) mass is 291 g/mol. The average Bonchev–Trinajstić information content (AvgIpc) is 2.46. The second-order valence-corrected chi connectivity index (χ2v) is 6.38. The van der Waals surface area contributed by atoms with E-state index in [-0.39, 0.29) is 5.54 Å². The molecule has 1 aromatic carbocycles. The van der Waals surface area contributed by atoms with Gasteiger partial charge in [0.1, 0.15) is 0 Å². The van der Waals surface area contributed by atoms with Crippen LogP contribution in [0.2, 0.25) is 0 Å². The van der Waals surface area contributed by atoms with E-state index in [0.717, 1.165) is 30.3 Å². The van der Waals surface area contributed by atoms with E-state index in [1.165, 1.54) is 12.0 Å². The summed E-state index contributed by atoms with van der Waals surface area (Å²) < 4.78 is 11.4. The molecule has 0 amide bonds. The van der Waals surface area contributed by atoms with Gasteiger partial charge in [0.15, 0.2) is 11.5 Å². The van der Waals surface area contributed by atoms with Crippen LogP contribution < -0.4 is 15.2 Å². The van der Waals surface area contributed by atoms with Crippen molar-refractivity contribution in [2.75, 3.05) is 13.2 Å². The first-order chi connectivity index (χ1) is 10.00. The maximum atomic E-state index is 6.73. The molecule has 3 atom stereocenters. The van der Waals surface area contributed by atoms with E-state index in [1.54, 1.807) is 0 Å². The molecule has 1 aliphatic rings. The van der Waals surface area contributed by atoms with E-state index in [4.69, 9.17) is 15.2 Å². The predicted octanol–water partition coefficient (Wildman–Crippen LogP) is 4.09. The van der Waals surface area contributed by atoms with E-state index in [9.17, 15) is 0 Å². The van der Waals surface area contributed by atoms with Crippen LogP contribution in [0.1, 0.15) is 52.5 Å². The van der Waals surface area contributed by atoms with E-state index < -0.39 is 0 Å². The second-order valence-electron chi connectivity index (χ2n) is 6.38. The van der Waals surface area contributed by atoms with Crippen molar-refractivity contribution in [2.24, 2.45) is 17.6 Å². The summed E-state index contributed by atoms with van der Waals surface area (Å²) in [5.41, 5.74) is 7.67. The van der Waals surface area contributed by atoms with Crippen LogP contribution >= 0.6 is 0 Å². The van der Waals surface area contributed by atoms with Crippen LogP contribution in [-0.4, -0.2) is 13.2 Å². The fourth-order valence-electron chi connectivity index (χ4n) is 3.27. The molecule has 3 unspecified atom stereocenters. The highest BCUT2D eigenvalue weighted by molar-refractivity contribution is 5.45. The molecule has 2 N–H and O–H groups in total. The van der Waals surface area contributed by atoms with E-state index in [0.29, 0.717) is 19.1 Å². The lowest BCUT2D eigenvalue weighted by atomic mass is 9.69. The summed E-state index contributed by atoms with van der Waals surface area (Å²) in [6.45, 7) is 9.89. The molecule has 1 saturated carbocycles. The Balaban J connectivity index is 2.28. The van der Waals surface area contributed by atoms with Gasteiger partial charge in [0.25, 0.3) is 0 Å². The summed E-state index contributed by atoms with van der Waals surface area (Å²) in [6.07, 6.45) is 3.26. The molecule has 3 heteroatoms. The van der Waals surface area contributed by atoms with Gasteiger partial charge in [-0.2, -0.15) is 0 Å². The molecular formula is C18H29NO2. The maximum absolute atomic E-state index is 6.73. The quantitative estimate of drug-likeness (QED) is 0.888. The molecule has 1 aliphatic carbocycles. The first-order valence-electron chi connectivity index (χ1n) is 8.19. The first-order valence-corrected chi connectivity index (χ1v) is 8.19. The number of benzene rings is 1. The SMILES string of the molecule is CCOc1ccc(C2(N)CCC(C)C(C)C2)cc1OCC. The molecule has 21 heavy (non-hydrogen) atoms. The van der Waals surface area contributed by atoms with Gasteiger partial charge in [-0.05, 0) is 62.6 Å². The fourth-order valence-corrected chi connectivity index (χ4v) is 3.27. The van der Waals surface area contributed by atoms with Crippen molar-refractivity contribution in [1.29, 1.82) is 0 Å². The number of hydrogen-bond donors (Lipinski definition) is 1. The maximum Gasteiger partial charge on any atom is 0.161 e. The molecule has 0 bridgehead atoms. The van der Waals surface area contributed by atoms with Gasteiger partial charge in [-0.25, -0.2) is 0 Å². The number of ether oxygens (including phenoxy) is 2. The van der Waals surface area contributed by atoms with Gasteiger partial charge in [0.05, 0.1) is 13.2 Å². The largest absolute Gasteiger partial charge is 0.490 e. The van der Waals surface area contributed by atoms with Crippen molar-refractivity contribution in [3.63, 3.8) is 0 Å². The molecule has 3 nitrogen and oxygen atoms in total. The van der Waals surface area contributed by atoms with Crippen molar-refractivity contribution in [2.45, 2.75) is 52.5 Å². The van der Waals surface area contributed by atoms with Crippen molar-refractivity contribution < 1.29 is 9.47 Å². The lowest BCUT2D eigenvalue weighted by Crippen LogP contribution is -2.43. The van der Waals surface area contributed by atoms with E-state index in [1.807, 2.05) is 19.9 Å². The summed E-state index contributed by atoms with van der Waals surface area (Å²) >= 11 is 0. The summed E-state index contributed by atoms with van der Waals surface area (Å²) in [5, 5.41) is 0. The third-order valence-electron chi connectivity index (χ3n) is 4.82. The van der Waals surface area contributed by atoms with Gasteiger partial charge in [0, 0.05) is 5.54 Å². The predicted molar refractivity (Wildman–Crippen MR) is 86.8 cm³/mol. The Bertz CT molecular complexity index is 474. The Morgan fingerprint density at radius 2 is 1.76 bits per heavy atom. The van der Waals surface area contributed by atoms with Crippen molar-refractivity contribution in [3.05, 3.63) is 23.8 Å². The van der Waals surface area contributed by atoms with Crippen molar-refractivity contribution in [3.8, 4) is 11.5 Å². The molecule has 0 heterocycles. The van der Waals surface area contributed by atoms with Crippen LogP contribution in [0.3, 0.4) is 0 Å². The van der Waals surface area contributed by atoms with Crippen molar-refractivity contribution in [1.82, 2.24) is 0 Å². The van der Waals surface area contributed by atoms with Gasteiger partial charge in [-0.3, -0.25) is 0 Å². The average molecular weight is 291 g/mol. The zero-order chi connectivity index (χ0) is 15.5. The van der Waals surface area contributed by atoms with Crippen LogP contribution in [-0.2, 0) is 5.54 Å². The third-order valence-corrected chi connectivity index (χ3v) is 4.82. The highest BCUT2D eigenvalue weighted by Crippen LogP contribution is 2.42. The molecule has 1 aromatic rings. The summed E-state index contributed by atoms with van der Waals surface area (Å²) in [7, 11) is 0. The normalized spacial score (nSPS) is 29.2. The summed E-state index contributed by atoms with van der Waals surface area (Å²) in [4.78, 5) is 0.